The largest absolute Gasteiger partial charge is 0.326 e. The van der Waals surface area contributed by atoms with Crippen molar-refractivity contribution in [1.29, 1.82) is 0 Å². The van der Waals surface area contributed by atoms with Crippen LogP contribution in [0.25, 0.3) is 11.3 Å². The fourth-order valence-corrected chi connectivity index (χ4v) is 3.35. The Labute approximate surface area is 166 Å². The third-order valence-corrected chi connectivity index (χ3v) is 4.76. The summed E-state index contributed by atoms with van der Waals surface area (Å²) in [6.07, 6.45) is 1.24. The van der Waals surface area contributed by atoms with Gasteiger partial charge in [0, 0.05) is 23.1 Å². The van der Waals surface area contributed by atoms with Crippen molar-refractivity contribution in [2.24, 2.45) is 0 Å². The molecule has 0 saturated heterocycles. The van der Waals surface area contributed by atoms with Crippen LogP contribution in [0.3, 0.4) is 0 Å². The van der Waals surface area contributed by atoms with Gasteiger partial charge in [-0.25, -0.2) is 9.37 Å². The van der Waals surface area contributed by atoms with E-state index in [0.717, 1.165) is 23.4 Å². The molecule has 7 heteroatoms. The lowest BCUT2D eigenvalue weighted by molar-refractivity contribution is -0.116. The molecule has 0 bridgehead atoms. The standard InChI is InChI=1S/C21H20FN3O2S/c1-2-5-19(26)23-16-10-8-14(9-11-16)18-13-28-21(24-18)25-20(27)12-15-6-3-4-7-17(15)22/h3-4,6-11,13H,2,5,12H2,1H3,(H,23,26)(H,24,25,27). The summed E-state index contributed by atoms with van der Waals surface area (Å²) in [4.78, 5) is 28.2. The van der Waals surface area contributed by atoms with E-state index >= 15 is 0 Å². The van der Waals surface area contributed by atoms with E-state index in [4.69, 9.17) is 0 Å². The molecule has 1 heterocycles. The first-order valence-electron chi connectivity index (χ1n) is 8.94. The lowest BCUT2D eigenvalue weighted by atomic mass is 10.1. The van der Waals surface area contributed by atoms with Gasteiger partial charge in [0.2, 0.25) is 11.8 Å². The highest BCUT2D eigenvalue weighted by Crippen LogP contribution is 2.26. The zero-order chi connectivity index (χ0) is 19.9. The van der Waals surface area contributed by atoms with Crippen molar-refractivity contribution in [3.05, 3.63) is 65.3 Å². The predicted octanol–water partition coefficient (Wildman–Crippen LogP) is 4.87. The number of carbonyl (C=O) groups excluding carboxylic acids is 2. The van der Waals surface area contributed by atoms with Gasteiger partial charge in [-0.15, -0.1) is 11.3 Å². The number of thiazole rings is 1. The summed E-state index contributed by atoms with van der Waals surface area (Å²) in [6, 6.07) is 13.6. The van der Waals surface area contributed by atoms with Gasteiger partial charge in [0.05, 0.1) is 12.1 Å². The van der Waals surface area contributed by atoms with Gasteiger partial charge >= 0.3 is 0 Å². The molecule has 1 aromatic heterocycles. The second-order valence-corrected chi connectivity index (χ2v) is 7.09. The third kappa shape index (κ3) is 5.23. The van der Waals surface area contributed by atoms with Crippen molar-refractivity contribution in [2.75, 3.05) is 10.6 Å². The number of rotatable bonds is 7. The van der Waals surface area contributed by atoms with Crippen LogP contribution in [0, 0.1) is 5.82 Å². The third-order valence-electron chi connectivity index (χ3n) is 4.00. The Hall–Kier alpha value is -3.06. The van der Waals surface area contributed by atoms with Crippen LogP contribution in [-0.2, 0) is 16.0 Å². The minimum absolute atomic E-state index is 0.0104. The van der Waals surface area contributed by atoms with E-state index in [2.05, 4.69) is 15.6 Å². The molecule has 2 aromatic carbocycles. The Morgan fingerprint density at radius 1 is 1.04 bits per heavy atom. The maximum absolute atomic E-state index is 13.6. The van der Waals surface area contributed by atoms with Crippen molar-refractivity contribution in [3.63, 3.8) is 0 Å². The van der Waals surface area contributed by atoms with Gasteiger partial charge in [0.1, 0.15) is 5.82 Å². The summed E-state index contributed by atoms with van der Waals surface area (Å²) in [6.45, 7) is 1.96. The molecule has 0 unspecified atom stereocenters. The summed E-state index contributed by atoms with van der Waals surface area (Å²) >= 11 is 1.30. The number of carbonyl (C=O) groups is 2. The number of benzene rings is 2. The number of hydrogen-bond donors (Lipinski definition) is 2. The minimum Gasteiger partial charge on any atom is -0.326 e. The fourth-order valence-electron chi connectivity index (χ4n) is 2.62. The van der Waals surface area contributed by atoms with E-state index in [1.54, 1.807) is 18.2 Å². The molecule has 0 saturated carbocycles. The Kier molecular flexibility index (Phi) is 6.49. The Morgan fingerprint density at radius 3 is 2.50 bits per heavy atom. The molecule has 2 N–H and O–H groups in total. The van der Waals surface area contributed by atoms with E-state index in [-0.39, 0.29) is 18.2 Å². The maximum Gasteiger partial charge on any atom is 0.230 e. The summed E-state index contributed by atoms with van der Waals surface area (Å²) < 4.78 is 13.6. The maximum atomic E-state index is 13.6. The van der Waals surface area contributed by atoms with Gasteiger partial charge in [-0.1, -0.05) is 37.3 Å². The number of amides is 2. The minimum atomic E-state index is -0.399. The zero-order valence-electron chi connectivity index (χ0n) is 15.4. The van der Waals surface area contributed by atoms with Crippen LogP contribution in [0.1, 0.15) is 25.3 Å². The number of nitrogens with one attached hydrogen (secondary N) is 2. The number of aromatic nitrogens is 1. The highest BCUT2D eigenvalue weighted by molar-refractivity contribution is 7.14. The first-order valence-corrected chi connectivity index (χ1v) is 9.82. The number of anilines is 2. The molecule has 0 atom stereocenters. The topological polar surface area (TPSA) is 71.1 Å². The van der Waals surface area contributed by atoms with Crippen LogP contribution in [0.5, 0.6) is 0 Å². The molecule has 0 radical (unpaired) electrons. The number of halogens is 1. The molecule has 0 aliphatic carbocycles. The second-order valence-electron chi connectivity index (χ2n) is 6.23. The summed E-state index contributed by atoms with van der Waals surface area (Å²) in [5.41, 5.74) is 2.67. The van der Waals surface area contributed by atoms with E-state index in [9.17, 15) is 14.0 Å². The molecule has 0 fully saturated rings. The average molecular weight is 397 g/mol. The van der Waals surface area contributed by atoms with Gasteiger partial charge in [-0.3, -0.25) is 9.59 Å². The van der Waals surface area contributed by atoms with Crippen molar-refractivity contribution in [1.82, 2.24) is 4.98 Å². The Bertz CT molecular complexity index is 970. The smallest absolute Gasteiger partial charge is 0.230 e. The predicted molar refractivity (Wildman–Crippen MR) is 110 cm³/mol. The monoisotopic (exact) mass is 397 g/mol. The van der Waals surface area contributed by atoms with E-state index < -0.39 is 5.82 Å². The lowest BCUT2D eigenvalue weighted by Crippen LogP contribution is -2.15. The van der Waals surface area contributed by atoms with E-state index in [1.807, 2.05) is 36.6 Å². The summed E-state index contributed by atoms with van der Waals surface area (Å²) in [5, 5.41) is 7.83. The molecule has 0 aliphatic rings. The zero-order valence-corrected chi connectivity index (χ0v) is 16.2. The van der Waals surface area contributed by atoms with Crippen molar-refractivity contribution >= 4 is 34.0 Å². The SMILES string of the molecule is CCCC(=O)Nc1ccc(-c2csc(NC(=O)Cc3ccccc3F)n2)cc1. The summed E-state index contributed by atoms with van der Waals surface area (Å²) in [5.74, 6) is -0.729. The molecule has 0 aliphatic heterocycles. The first kappa shape index (κ1) is 19.7. The fraction of sp³-hybridized carbons (Fsp3) is 0.190. The molecule has 0 spiro atoms. The first-order chi connectivity index (χ1) is 13.5. The van der Waals surface area contributed by atoms with Crippen LogP contribution >= 0.6 is 11.3 Å². The highest BCUT2D eigenvalue weighted by atomic mass is 32.1. The van der Waals surface area contributed by atoms with Crippen molar-refractivity contribution in [2.45, 2.75) is 26.2 Å². The summed E-state index contributed by atoms with van der Waals surface area (Å²) in [7, 11) is 0. The molecule has 144 valence electrons. The number of hydrogen-bond acceptors (Lipinski definition) is 4. The van der Waals surface area contributed by atoms with Crippen LogP contribution in [0.4, 0.5) is 15.2 Å². The van der Waals surface area contributed by atoms with Gasteiger partial charge in [0.25, 0.3) is 0 Å². The molecule has 2 amide bonds. The van der Waals surface area contributed by atoms with Crippen LogP contribution in [0.2, 0.25) is 0 Å². The molecule has 3 aromatic rings. The molecule has 5 nitrogen and oxygen atoms in total. The van der Waals surface area contributed by atoms with Gasteiger partial charge in [-0.2, -0.15) is 0 Å². The van der Waals surface area contributed by atoms with Crippen LogP contribution in [0.15, 0.2) is 53.9 Å². The van der Waals surface area contributed by atoms with Crippen LogP contribution in [-0.4, -0.2) is 16.8 Å². The average Bonchev–Trinajstić information content (AvgIpc) is 3.13. The molecular formula is C21H20FN3O2S. The lowest BCUT2D eigenvalue weighted by Gasteiger charge is -2.05. The van der Waals surface area contributed by atoms with Crippen molar-refractivity contribution < 1.29 is 14.0 Å². The number of nitrogens with zero attached hydrogens (tertiary/aromatic N) is 1. The Balaban J connectivity index is 1.61. The molecular weight excluding hydrogens is 377 g/mol. The van der Waals surface area contributed by atoms with Crippen molar-refractivity contribution in [3.8, 4) is 11.3 Å². The normalized spacial score (nSPS) is 10.5. The Morgan fingerprint density at radius 2 is 1.79 bits per heavy atom. The highest BCUT2D eigenvalue weighted by Gasteiger charge is 2.11. The second kappa shape index (κ2) is 9.23. The molecule has 3 rings (SSSR count). The molecule has 28 heavy (non-hydrogen) atoms. The van der Waals surface area contributed by atoms with E-state index in [1.165, 1.54) is 17.4 Å². The van der Waals surface area contributed by atoms with Crippen LogP contribution < -0.4 is 10.6 Å². The van der Waals surface area contributed by atoms with Gasteiger partial charge in [-0.05, 0) is 30.2 Å². The quantitative estimate of drug-likeness (QED) is 0.598. The van der Waals surface area contributed by atoms with E-state index in [0.29, 0.717) is 17.1 Å². The van der Waals surface area contributed by atoms with Gasteiger partial charge in [0.15, 0.2) is 5.13 Å². The van der Waals surface area contributed by atoms with Gasteiger partial charge < -0.3 is 10.6 Å².